The Kier molecular flexibility index (Phi) is 7.22. The second-order valence-electron chi connectivity index (χ2n) is 5.65. The number of hydrogen-bond donors (Lipinski definition) is 1. The Balaban J connectivity index is 2.11. The van der Waals surface area contributed by atoms with Crippen LogP contribution in [-0.2, 0) is 19.6 Å². The number of rotatable bonds is 8. The van der Waals surface area contributed by atoms with Crippen molar-refractivity contribution in [3.8, 4) is 0 Å². The summed E-state index contributed by atoms with van der Waals surface area (Å²) in [7, 11) is -3.87. The van der Waals surface area contributed by atoms with Gasteiger partial charge in [-0.2, -0.15) is 4.31 Å². The highest BCUT2D eigenvalue weighted by atomic mass is 32.2. The average molecular weight is 429 g/mol. The monoisotopic (exact) mass is 429 g/mol. The Morgan fingerprint density at radius 1 is 1.29 bits per heavy atom. The average Bonchev–Trinajstić information content (AvgIpc) is 3.05. The number of hydrogen-bond acceptors (Lipinski definition) is 7. The van der Waals surface area contributed by atoms with Gasteiger partial charge < -0.3 is 4.74 Å². The van der Waals surface area contributed by atoms with E-state index in [1.54, 1.807) is 26.2 Å². The third-order valence-electron chi connectivity index (χ3n) is 3.70. The Morgan fingerprint density at radius 3 is 2.54 bits per heavy atom. The fourth-order valence-corrected chi connectivity index (χ4v) is 4.50. The number of aromatic nitrogens is 1. The molecule has 0 saturated carbocycles. The number of nitrogens with one attached hydrogen (secondary N) is 1. The van der Waals surface area contributed by atoms with Crippen LogP contribution in [0.2, 0.25) is 0 Å². The number of thiazole rings is 1. The minimum Gasteiger partial charge on any atom is -0.452 e. The van der Waals surface area contributed by atoms with Gasteiger partial charge in [-0.25, -0.2) is 22.6 Å². The molecule has 0 unspecified atom stereocenters. The van der Waals surface area contributed by atoms with Crippen LogP contribution in [0.25, 0.3) is 0 Å². The highest BCUT2D eigenvalue weighted by Gasteiger charge is 2.25. The molecule has 1 aromatic carbocycles. The zero-order chi connectivity index (χ0) is 20.9. The topological polar surface area (TPSA) is 106 Å². The van der Waals surface area contributed by atoms with Gasteiger partial charge in [0.15, 0.2) is 11.7 Å². The van der Waals surface area contributed by atoms with Gasteiger partial charge in [-0.05, 0) is 25.1 Å². The second-order valence-corrected chi connectivity index (χ2v) is 8.45. The first-order valence-electron chi connectivity index (χ1n) is 8.37. The number of sulfonamides is 1. The van der Waals surface area contributed by atoms with Gasteiger partial charge in [0.25, 0.3) is 5.91 Å². The molecule has 0 atom stereocenters. The molecule has 0 aliphatic carbocycles. The second kappa shape index (κ2) is 9.22. The van der Waals surface area contributed by atoms with Gasteiger partial charge in [0.1, 0.15) is 5.82 Å². The van der Waals surface area contributed by atoms with Gasteiger partial charge in [0.05, 0.1) is 16.2 Å². The largest absolute Gasteiger partial charge is 0.452 e. The molecule has 1 aromatic heterocycles. The summed E-state index contributed by atoms with van der Waals surface area (Å²) in [6, 6.07) is 2.87. The number of aryl methyl sites for hydroxylation is 1. The Morgan fingerprint density at radius 2 is 1.96 bits per heavy atom. The number of nitrogens with zero attached hydrogens (tertiary/aromatic N) is 2. The number of carbonyl (C=O) groups excluding carboxylic acids is 2. The quantitative estimate of drug-likeness (QED) is 0.646. The fraction of sp³-hybridized carbons (Fsp3) is 0.353. The lowest BCUT2D eigenvalue weighted by atomic mass is 10.2. The molecule has 0 fully saturated rings. The molecule has 0 spiro atoms. The maximum Gasteiger partial charge on any atom is 0.341 e. The van der Waals surface area contributed by atoms with Gasteiger partial charge in [-0.15, -0.1) is 11.3 Å². The Hall–Kier alpha value is -2.37. The predicted octanol–water partition coefficient (Wildman–Crippen LogP) is 2.42. The Bertz CT molecular complexity index is 971. The van der Waals surface area contributed by atoms with E-state index in [2.05, 4.69) is 10.3 Å². The van der Waals surface area contributed by atoms with Gasteiger partial charge in [0, 0.05) is 18.5 Å². The van der Waals surface area contributed by atoms with Crippen molar-refractivity contribution in [1.29, 1.82) is 0 Å². The SMILES string of the molecule is CCN(CC)S(=O)(=O)c1ccc(F)c(C(=O)OCC(=O)Nc2nc(C)cs2)c1. The van der Waals surface area contributed by atoms with Crippen LogP contribution in [0.3, 0.4) is 0 Å². The molecule has 28 heavy (non-hydrogen) atoms. The van der Waals surface area contributed by atoms with Crippen LogP contribution >= 0.6 is 11.3 Å². The van der Waals surface area contributed by atoms with E-state index in [0.29, 0.717) is 5.13 Å². The van der Waals surface area contributed by atoms with Crippen molar-refractivity contribution in [2.45, 2.75) is 25.7 Å². The molecule has 1 amide bonds. The van der Waals surface area contributed by atoms with E-state index in [-0.39, 0.29) is 18.0 Å². The third kappa shape index (κ3) is 5.12. The molecule has 2 rings (SSSR count). The first-order chi connectivity index (χ1) is 13.2. The van der Waals surface area contributed by atoms with E-state index < -0.39 is 39.9 Å². The van der Waals surface area contributed by atoms with E-state index in [1.807, 2.05) is 0 Å². The normalized spacial score (nSPS) is 11.5. The number of amides is 1. The molecule has 8 nitrogen and oxygen atoms in total. The zero-order valence-electron chi connectivity index (χ0n) is 15.6. The van der Waals surface area contributed by atoms with Crippen LogP contribution in [0.5, 0.6) is 0 Å². The number of esters is 1. The van der Waals surface area contributed by atoms with Crippen LogP contribution in [0, 0.1) is 12.7 Å². The maximum absolute atomic E-state index is 14.0. The van der Waals surface area contributed by atoms with Crippen LogP contribution < -0.4 is 5.32 Å². The van der Waals surface area contributed by atoms with E-state index in [4.69, 9.17) is 4.74 Å². The fourth-order valence-electron chi connectivity index (χ4n) is 2.31. The smallest absolute Gasteiger partial charge is 0.341 e. The summed E-state index contributed by atoms with van der Waals surface area (Å²) in [5, 5.41) is 4.52. The minimum absolute atomic E-state index is 0.229. The van der Waals surface area contributed by atoms with Crippen molar-refractivity contribution < 1.29 is 27.1 Å². The maximum atomic E-state index is 14.0. The molecule has 0 aliphatic heterocycles. The minimum atomic E-state index is -3.87. The molecule has 1 heterocycles. The van der Waals surface area contributed by atoms with Gasteiger partial charge in [0.2, 0.25) is 10.0 Å². The molecule has 152 valence electrons. The number of halogens is 1. The summed E-state index contributed by atoms with van der Waals surface area (Å²) in [6.45, 7) is 4.89. The molecule has 0 bridgehead atoms. The van der Waals surface area contributed by atoms with Crippen molar-refractivity contribution in [3.63, 3.8) is 0 Å². The molecule has 1 N–H and O–H groups in total. The Labute approximate surface area is 166 Å². The van der Waals surface area contributed by atoms with Crippen molar-refractivity contribution in [1.82, 2.24) is 9.29 Å². The summed E-state index contributed by atoms with van der Waals surface area (Å²) in [5.41, 5.74) is 0.164. The van der Waals surface area contributed by atoms with Crippen molar-refractivity contribution in [2.24, 2.45) is 0 Å². The first-order valence-corrected chi connectivity index (χ1v) is 10.7. The van der Waals surface area contributed by atoms with Crippen molar-refractivity contribution in [3.05, 3.63) is 40.7 Å². The molecular formula is C17H20FN3O5S2. The standard InChI is InChI=1S/C17H20FN3O5S2/c1-4-21(5-2)28(24,25)12-6-7-14(18)13(8-12)16(23)26-9-15(22)20-17-19-11(3)10-27-17/h6-8,10H,4-5,9H2,1-3H3,(H,19,20,22). The summed E-state index contributed by atoms with van der Waals surface area (Å²) in [5.74, 6) is -2.73. The number of ether oxygens (including phenoxy) is 1. The lowest BCUT2D eigenvalue weighted by Crippen LogP contribution is -2.30. The third-order valence-corrected chi connectivity index (χ3v) is 6.62. The van der Waals surface area contributed by atoms with Crippen molar-refractivity contribution >= 4 is 38.4 Å². The van der Waals surface area contributed by atoms with Crippen LogP contribution in [0.15, 0.2) is 28.5 Å². The molecule has 0 aliphatic rings. The number of carbonyl (C=O) groups is 2. The molecular weight excluding hydrogens is 409 g/mol. The summed E-state index contributed by atoms with van der Waals surface area (Å²) < 4.78 is 45.1. The van der Waals surface area contributed by atoms with Crippen molar-refractivity contribution in [2.75, 3.05) is 25.0 Å². The molecule has 0 saturated heterocycles. The van der Waals surface area contributed by atoms with Gasteiger partial charge in [-0.1, -0.05) is 13.8 Å². The highest BCUT2D eigenvalue weighted by Crippen LogP contribution is 2.20. The van der Waals surface area contributed by atoms with E-state index in [0.717, 1.165) is 23.9 Å². The van der Waals surface area contributed by atoms with Gasteiger partial charge >= 0.3 is 5.97 Å². The lowest BCUT2D eigenvalue weighted by Gasteiger charge is -2.18. The number of anilines is 1. The van der Waals surface area contributed by atoms with Gasteiger partial charge in [-0.3, -0.25) is 10.1 Å². The lowest BCUT2D eigenvalue weighted by molar-refractivity contribution is -0.119. The van der Waals surface area contributed by atoms with Crippen LogP contribution in [0.1, 0.15) is 29.9 Å². The van der Waals surface area contributed by atoms with E-state index >= 15 is 0 Å². The van der Waals surface area contributed by atoms with Crippen LogP contribution in [-0.4, -0.2) is 49.3 Å². The first kappa shape index (κ1) is 21.9. The molecule has 2 aromatic rings. The highest BCUT2D eigenvalue weighted by molar-refractivity contribution is 7.89. The predicted molar refractivity (Wildman–Crippen MR) is 102 cm³/mol. The zero-order valence-corrected chi connectivity index (χ0v) is 17.2. The molecule has 0 radical (unpaired) electrons. The molecule has 11 heteroatoms. The summed E-state index contributed by atoms with van der Waals surface area (Å²) >= 11 is 1.21. The van der Waals surface area contributed by atoms with E-state index in [9.17, 15) is 22.4 Å². The number of benzene rings is 1. The van der Waals surface area contributed by atoms with Crippen LogP contribution in [0.4, 0.5) is 9.52 Å². The summed E-state index contributed by atoms with van der Waals surface area (Å²) in [6.07, 6.45) is 0. The van der Waals surface area contributed by atoms with E-state index in [1.165, 1.54) is 15.6 Å². The summed E-state index contributed by atoms with van der Waals surface area (Å²) in [4.78, 5) is 27.8.